The van der Waals surface area contributed by atoms with Crippen LogP contribution in [0.1, 0.15) is 51.5 Å². The van der Waals surface area contributed by atoms with Gasteiger partial charge in [0.25, 0.3) is 0 Å². The average Bonchev–Trinajstić information content (AvgIpc) is 3.34. The molecule has 2 aliphatic rings. The Morgan fingerprint density at radius 1 is 1.11 bits per heavy atom. The van der Waals surface area contributed by atoms with E-state index in [0.29, 0.717) is 19.4 Å². The van der Waals surface area contributed by atoms with Crippen molar-refractivity contribution in [3.8, 4) is 0 Å². The molecule has 2 heterocycles. The highest BCUT2D eigenvalue weighted by Crippen LogP contribution is 2.31. The Kier molecular flexibility index (Phi) is 6.40. The summed E-state index contributed by atoms with van der Waals surface area (Å²) in [5.74, 6) is -0.0394. The van der Waals surface area contributed by atoms with E-state index in [4.69, 9.17) is 0 Å². The number of anilines is 1. The quantitative estimate of drug-likeness (QED) is 0.749. The van der Waals surface area contributed by atoms with Crippen LogP contribution in [-0.4, -0.2) is 50.8 Å². The van der Waals surface area contributed by atoms with Crippen LogP contribution in [0.15, 0.2) is 23.1 Å². The molecule has 1 fully saturated rings. The lowest BCUT2D eigenvalue weighted by Gasteiger charge is -2.19. The minimum absolute atomic E-state index is 0.0443. The van der Waals surface area contributed by atoms with Gasteiger partial charge in [-0.25, -0.2) is 13.1 Å². The maximum absolute atomic E-state index is 12.6. The van der Waals surface area contributed by atoms with Crippen molar-refractivity contribution >= 4 is 27.5 Å². The Morgan fingerprint density at radius 2 is 1.79 bits per heavy atom. The van der Waals surface area contributed by atoms with Crippen molar-refractivity contribution in [3.05, 3.63) is 23.8 Å². The van der Waals surface area contributed by atoms with Gasteiger partial charge in [-0.3, -0.25) is 9.59 Å². The maximum atomic E-state index is 12.6. The van der Waals surface area contributed by atoms with Crippen LogP contribution in [0.2, 0.25) is 0 Å². The van der Waals surface area contributed by atoms with Crippen LogP contribution in [-0.2, 0) is 26.0 Å². The molecule has 0 unspecified atom stereocenters. The van der Waals surface area contributed by atoms with Crippen LogP contribution >= 0.6 is 0 Å². The number of hydrogen-bond donors (Lipinski definition) is 1. The lowest BCUT2D eigenvalue weighted by molar-refractivity contribution is -0.132. The largest absolute Gasteiger partial charge is 0.343 e. The van der Waals surface area contributed by atoms with E-state index in [0.717, 1.165) is 37.2 Å². The number of rotatable bonds is 7. The molecule has 0 saturated carbocycles. The first-order valence-electron chi connectivity index (χ1n) is 10.0. The molecule has 3 rings (SSSR count). The van der Waals surface area contributed by atoms with Crippen molar-refractivity contribution in [2.45, 2.75) is 63.3 Å². The average molecular weight is 408 g/mol. The molecule has 0 aromatic heterocycles. The summed E-state index contributed by atoms with van der Waals surface area (Å²) in [6, 6.07) is 4.77. The predicted molar refractivity (Wildman–Crippen MR) is 108 cm³/mol. The normalized spacial score (nSPS) is 17.6. The van der Waals surface area contributed by atoms with Gasteiger partial charge in [-0.15, -0.1) is 0 Å². The molecule has 7 nitrogen and oxygen atoms in total. The molecule has 0 radical (unpaired) electrons. The fraction of sp³-hybridized carbons (Fsp3) is 0.600. The fourth-order valence-electron chi connectivity index (χ4n) is 3.69. The molecule has 1 atom stereocenters. The number of carbonyl (C=O) groups is 2. The topological polar surface area (TPSA) is 86.8 Å². The van der Waals surface area contributed by atoms with E-state index in [1.807, 2.05) is 18.7 Å². The third kappa shape index (κ3) is 4.55. The van der Waals surface area contributed by atoms with Crippen molar-refractivity contribution in [2.24, 2.45) is 0 Å². The van der Waals surface area contributed by atoms with Crippen molar-refractivity contribution in [3.63, 3.8) is 0 Å². The third-order valence-electron chi connectivity index (χ3n) is 5.54. The van der Waals surface area contributed by atoms with E-state index < -0.39 is 10.0 Å². The molecular formula is C20H29N3O4S. The van der Waals surface area contributed by atoms with Crippen molar-refractivity contribution in [2.75, 3.05) is 24.5 Å². The first kappa shape index (κ1) is 20.8. The van der Waals surface area contributed by atoms with Gasteiger partial charge in [-0.1, -0.05) is 6.92 Å². The lowest BCUT2D eigenvalue weighted by Crippen LogP contribution is -2.32. The van der Waals surface area contributed by atoms with Crippen LogP contribution in [0.25, 0.3) is 0 Å². The zero-order chi connectivity index (χ0) is 20.3. The SMILES string of the molecule is CC[C@@H](C)NS(=O)(=O)c1ccc2c(c1)CCN2C(=O)CCC(=O)N1CCCC1. The molecule has 0 spiro atoms. The van der Waals surface area contributed by atoms with Crippen LogP contribution < -0.4 is 9.62 Å². The van der Waals surface area contributed by atoms with Crippen molar-refractivity contribution in [1.82, 2.24) is 9.62 Å². The second-order valence-electron chi connectivity index (χ2n) is 7.60. The lowest BCUT2D eigenvalue weighted by atomic mass is 10.2. The number of sulfonamides is 1. The highest BCUT2D eigenvalue weighted by molar-refractivity contribution is 7.89. The number of nitrogens with one attached hydrogen (secondary N) is 1. The number of likely N-dealkylation sites (tertiary alicyclic amines) is 1. The van der Waals surface area contributed by atoms with E-state index in [1.165, 1.54) is 0 Å². The predicted octanol–water partition coefficient (Wildman–Crippen LogP) is 2.06. The van der Waals surface area contributed by atoms with Crippen molar-refractivity contribution < 1.29 is 18.0 Å². The summed E-state index contributed by atoms with van der Waals surface area (Å²) in [6.45, 7) is 5.86. The fourth-order valence-corrected chi connectivity index (χ4v) is 5.07. The van der Waals surface area contributed by atoms with Gasteiger partial charge in [0.1, 0.15) is 0 Å². The Balaban J connectivity index is 1.65. The molecule has 28 heavy (non-hydrogen) atoms. The van der Waals surface area contributed by atoms with Gasteiger partial charge < -0.3 is 9.80 Å². The highest BCUT2D eigenvalue weighted by Gasteiger charge is 2.28. The van der Waals surface area contributed by atoms with Crippen molar-refractivity contribution in [1.29, 1.82) is 0 Å². The molecule has 1 aromatic rings. The van der Waals surface area contributed by atoms with E-state index in [9.17, 15) is 18.0 Å². The van der Waals surface area contributed by atoms with Crippen LogP contribution in [0, 0.1) is 0 Å². The number of amides is 2. The molecule has 154 valence electrons. The maximum Gasteiger partial charge on any atom is 0.240 e. The van der Waals surface area contributed by atoms with E-state index in [2.05, 4.69) is 4.72 Å². The zero-order valence-corrected chi connectivity index (χ0v) is 17.4. The molecule has 1 N–H and O–H groups in total. The van der Waals surface area contributed by atoms with Gasteiger partial charge in [0.2, 0.25) is 21.8 Å². The summed E-state index contributed by atoms with van der Waals surface area (Å²) in [6.07, 6.45) is 3.82. The minimum atomic E-state index is -3.57. The smallest absolute Gasteiger partial charge is 0.240 e. The molecule has 2 amide bonds. The van der Waals surface area contributed by atoms with E-state index in [-0.39, 0.29) is 35.6 Å². The van der Waals surface area contributed by atoms with Gasteiger partial charge in [0.05, 0.1) is 4.90 Å². The summed E-state index contributed by atoms with van der Waals surface area (Å²) in [5, 5.41) is 0. The third-order valence-corrected chi connectivity index (χ3v) is 7.13. The van der Waals surface area contributed by atoms with Crippen LogP contribution in [0.5, 0.6) is 0 Å². The summed E-state index contributed by atoms with van der Waals surface area (Å²) >= 11 is 0. The summed E-state index contributed by atoms with van der Waals surface area (Å²) in [4.78, 5) is 28.5. The number of hydrogen-bond acceptors (Lipinski definition) is 4. The summed E-state index contributed by atoms with van der Waals surface area (Å²) < 4.78 is 27.6. The first-order chi connectivity index (χ1) is 13.3. The number of carbonyl (C=O) groups excluding carboxylic acids is 2. The molecule has 2 aliphatic heterocycles. The molecule has 1 saturated heterocycles. The molecule has 1 aromatic carbocycles. The second-order valence-corrected chi connectivity index (χ2v) is 9.32. The van der Waals surface area contributed by atoms with Gasteiger partial charge >= 0.3 is 0 Å². The van der Waals surface area contributed by atoms with Gasteiger partial charge in [0.15, 0.2) is 0 Å². The Bertz CT molecular complexity index is 847. The first-order valence-corrected chi connectivity index (χ1v) is 11.5. The number of benzene rings is 1. The number of nitrogens with zero attached hydrogens (tertiary/aromatic N) is 2. The molecule has 0 bridgehead atoms. The monoisotopic (exact) mass is 407 g/mol. The Labute approximate surface area is 167 Å². The van der Waals surface area contributed by atoms with Crippen LogP contribution in [0.3, 0.4) is 0 Å². The number of fused-ring (bicyclic) bond motifs is 1. The molecule has 0 aliphatic carbocycles. The van der Waals surface area contributed by atoms with Gasteiger partial charge in [-0.05, 0) is 56.4 Å². The van der Waals surface area contributed by atoms with E-state index >= 15 is 0 Å². The minimum Gasteiger partial charge on any atom is -0.343 e. The van der Waals surface area contributed by atoms with Crippen LogP contribution in [0.4, 0.5) is 5.69 Å². The van der Waals surface area contributed by atoms with Gasteiger partial charge in [-0.2, -0.15) is 0 Å². The summed E-state index contributed by atoms with van der Waals surface area (Å²) in [5.41, 5.74) is 1.60. The zero-order valence-electron chi connectivity index (χ0n) is 16.6. The molecule has 8 heteroatoms. The second kappa shape index (κ2) is 8.61. The summed E-state index contributed by atoms with van der Waals surface area (Å²) in [7, 11) is -3.57. The Morgan fingerprint density at radius 3 is 2.46 bits per heavy atom. The molecular weight excluding hydrogens is 378 g/mol. The van der Waals surface area contributed by atoms with Gasteiger partial charge in [0, 0.05) is 44.2 Å². The Hall–Kier alpha value is -1.93. The highest BCUT2D eigenvalue weighted by atomic mass is 32.2. The standard InChI is InChI=1S/C20H29N3O4S/c1-3-15(2)21-28(26,27)17-6-7-18-16(14-17)10-13-23(18)20(25)9-8-19(24)22-11-4-5-12-22/h6-7,14-15,21H,3-5,8-13H2,1-2H3/t15-/m1/s1. The van der Waals surface area contributed by atoms with E-state index in [1.54, 1.807) is 23.1 Å².